The molecule has 4 nitrogen and oxygen atoms in total. The van der Waals surface area contributed by atoms with Gasteiger partial charge in [0.1, 0.15) is 0 Å². The van der Waals surface area contributed by atoms with Crippen LogP contribution in [0.1, 0.15) is 61.1 Å². The third-order valence-corrected chi connectivity index (χ3v) is 6.40. The Kier molecular flexibility index (Phi) is 3.42. The highest BCUT2D eigenvalue weighted by atomic mass is 16.5. The predicted molar refractivity (Wildman–Crippen MR) is 99.8 cm³/mol. The Hall–Kier alpha value is -1.55. The van der Waals surface area contributed by atoms with Crippen molar-refractivity contribution in [3.8, 4) is 0 Å². The highest BCUT2D eigenvalue weighted by molar-refractivity contribution is 5.72. The van der Waals surface area contributed by atoms with Crippen LogP contribution in [0.4, 0.5) is 5.82 Å². The second kappa shape index (κ2) is 4.75. The maximum Gasteiger partial charge on any atom is 0.154 e. The Morgan fingerprint density at radius 3 is 2.00 bits per heavy atom. The normalized spacial score (nSPS) is 24.3. The average Bonchev–Trinajstić information content (AvgIpc) is 2.83. The van der Waals surface area contributed by atoms with E-state index in [1.807, 2.05) is 0 Å². The molecule has 2 aromatic rings. The standard InChI is InChI=1S/C20H31N3O/c1-14-13-22-12-10-11-15(22)16(21-14)23-17(2,3)19(6,7)24-20(8,9)18(23,4)5/h10-13H,1-9H3. The molecule has 3 rings (SSSR count). The molecule has 0 aromatic carbocycles. The summed E-state index contributed by atoms with van der Waals surface area (Å²) in [5.74, 6) is 1.03. The largest absolute Gasteiger partial charge is 0.365 e. The van der Waals surface area contributed by atoms with Gasteiger partial charge in [0, 0.05) is 12.4 Å². The summed E-state index contributed by atoms with van der Waals surface area (Å²) in [5, 5.41) is 0. The zero-order valence-corrected chi connectivity index (χ0v) is 16.6. The van der Waals surface area contributed by atoms with Crippen molar-refractivity contribution in [3.63, 3.8) is 0 Å². The molecule has 132 valence electrons. The molecule has 4 heteroatoms. The fourth-order valence-corrected chi connectivity index (χ4v) is 3.97. The van der Waals surface area contributed by atoms with E-state index in [4.69, 9.17) is 9.72 Å². The van der Waals surface area contributed by atoms with Crippen LogP contribution in [0.15, 0.2) is 24.5 Å². The predicted octanol–water partition coefficient (Wildman–Crippen LogP) is 4.59. The Labute approximate surface area is 145 Å². The van der Waals surface area contributed by atoms with E-state index in [1.54, 1.807) is 0 Å². The molecule has 0 bridgehead atoms. The lowest BCUT2D eigenvalue weighted by atomic mass is 9.71. The molecule has 1 aliphatic heterocycles. The zero-order chi connectivity index (χ0) is 18.1. The number of hydrogen-bond donors (Lipinski definition) is 0. The first-order valence-electron chi connectivity index (χ1n) is 8.76. The summed E-state index contributed by atoms with van der Waals surface area (Å²) in [6, 6.07) is 4.22. The highest BCUT2D eigenvalue weighted by Crippen LogP contribution is 2.51. The van der Waals surface area contributed by atoms with Crippen LogP contribution in [0, 0.1) is 6.92 Å². The van der Waals surface area contributed by atoms with E-state index in [-0.39, 0.29) is 22.3 Å². The molecular weight excluding hydrogens is 298 g/mol. The van der Waals surface area contributed by atoms with E-state index in [9.17, 15) is 0 Å². The fraction of sp³-hybridized carbons (Fsp3) is 0.650. The lowest BCUT2D eigenvalue weighted by Gasteiger charge is -2.66. The van der Waals surface area contributed by atoms with E-state index in [0.29, 0.717) is 0 Å². The van der Waals surface area contributed by atoms with E-state index in [2.05, 4.69) is 96.1 Å². The van der Waals surface area contributed by atoms with Crippen LogP contribution < -0.4 is 4.90 Å². The number of morpholine rings is 1. The number of anilines is 1. The minimum atomic E-state index is -0.318. The molecule has 1 aliphatic rings. The maximum atomic E-state index is 6.59. The van der Waals surface area contributed by atoms with Crippen LogP contribution in [-0.4, -0.2) is 31.7 Å². The van der Waals surface area contributed by atoms with Crippen LogP contribution in [0.5, 0.6) is 0 Å². The lowest BCUT2D eigenvalue weighted by Crippen LogP contribution is -2.78. The van der Waals surface area contributed by atoms with Gasteiger partial charge in [-0.1, -0.05) is 0 Å². The van der Waals surface area contributed by atoms with Crippen molar-refractivity contribution in [1.29, 1.82) is 0 Å². The van der Waals surface area contributed by atoms with Gasteiger partial charge in [0.25, 0.3) is 0 Å². The highest BCUT2D eigenvalue weighted by Gasteiger charge is 2.61. The quantitative estimate of drug-likeness (QED) is 0.766. The molecule has 3 heterocycles. The van der Waals surface area contributed by atoms with Gasteiger partial charge >= 0.3 is 0 Å². The van der Waals surface area contributed by atoms with Crippen molar-refractivity contribution < 1.29 is 4.74 Å². The average molecular weight is 329 g/mol. The molecule has 0 amide bonds. The smallest absolute Gasteiger partial charge is 0.154 e. The van der Waals surface area contributed by atoms with Crippen LogP contribution in [0.25, 0.3) is 5.52 Å². The van der Waals surface area contributed by atoms with Gasteiger partial charge in [-0.05, 0) is 74.4 Å². The third kappa shape index (κ3) is 2.12. The van der Waals surface area contributed by atoms with Crippen LogP contribution >= 0.6 is 0 Å². The van der Waals surface area contributed by atoms with Crippen molar-refractivity contribution in [3.05, 3.63) is 30.2 Å². The van der Waals surface area contributed by atoms with Crippen molar-refractivity contribution >= 4 is 11.3 Å². The molecule has 1 fully saturated rings. The zero-order valence-electron chi connectivity index (χ0n) is 16.6. The lowest BCUT2D eigenvalue weighted by molar-refractivity contribution is -0.214. The molecule has 24 heavy (non-hydrogen) atoms. The van der Waals surface area contributed by atoms with Crippen LogP contribution in [0.2, 0.25) is 0 Å². The monoisotopic (exact) mass is 329 g/mol. The fourth-order valence-electron chi connectivity index (χ4n) is 3.97. The SMILES string of the molecule is Cc1cn2cccc2c(N2C(C)(C)C(C)(C)OC(C)(C)C2(C)C)n1. The Morgan fingerprint density at radius 2 is 1.46 bits per heavy atom. The minimum Gasteiger partial charge on any atom is -0.365 e. The van der Waals surface area contributed by atoms with Crippen molar-refractivity contribution in [1.82, 2.24) is 9.38 Å². The minimum absolute atomic E-state index is 0.225. The number of ether oxygens (including phenoxy) is 1. The molecular formula is C20H31N3O. The molecule has 0 atom stereocenters. The number of nitrogens with zero attached hydrogens (tertiary/aromatic N) is 3. The molecule has 2 aromatic heterocycles. The van der Waals surface area contributed by atoms with Crippen molar-refractivity contribution in [2.24, 2.45) is 0 Å². The molecule has 0 radical (unpaired) electrons. The van der Waals surface area contributed by atoms with Crippen LogP contribution in [0.3, 0.4) is 0 Å². The summed E-state index contributed by atoms with van der Waals surface area (Å²) in [4.78, 5) is 7.45. The first-order valence-corrected chi connectivity index (χ1v) is 8.76. The Bertz CT molecular complexity index is 757. The van der Waals surface area contributed by atoms with Gasteiger partial charge in [-0.15, -0.1) is 0 Å². The van der Waals surface area contributed by atoms with Gasteiger partial charge in [0.2, 0.25) is 0 Å². The van der Waals surface area contributed by atoms with E-state index in [1.165, 1.54) is 0 Å². The Morgan fingerprint density at radius 1 is 0.917 bits per heavy atom. The van der Waals surface area contributed by atoms with Gasteiger partial charge in [-0.2, -0.15) is 0 Å². The van der Waals surface area contributed by atoms with E-state index >= 15 is 0 Å². The van der Waals surface area contributed by atoms with Gasteiger partial charge in [0.15, 0.2) is 5.82 Å². The molecule has 0 spiro atoms. The summed E-state index contributed by atoms with van der Waals surface area (Å²) >= 11 is 0. The number of fused-ring (bicyclic) bond motifs is 1. The first-order chi connectivity index (χ1) is 10.8. The molecule has 0 unspecified atom stereocenters. The summed E-state index contributed by atoms with van der Waals surface area (Å²) in [6.45, 7) is 19.8. The van der Waals surface area contributed by atoms with Crippen LogP contribution in [-0.2, 0) is 4.74 Å². The molecule has 0 saturated carbocycles. The molecule has 1 saturated heterocycles. The van der Waals surface area contributed by atoms with E-state index in [0.717, 1.165) is 17.0 Å². The van der Waals surface area contributed by atoms with Gasteiger partial charge in [-0.25, -0.2) is 4.98 Å². The van der Waals surface area contributed by atoms with Gasteiger partial charge in [-0.3, -0.25) is 0 Å². The summed E-state index contributed by atoms with van der Waals surface area (Å²) < 4.78 is 8.76. The molecule has 0 aliphatic carbocycles. The van der Waals surface area contributed by atoms with Gasteiger partial charge in [0.05, 0.1) is 33.5 Å². The van der Waals surface area contributed by atoms with E-state index < -0.39 is 0 Å². The number of rotatable bonds is 1. The van der Waals surface area contributed by atoms with Gasteiger partial charge < -0.3 is 14.0 Å². The summed E-state index contributed by atoms with van der Waals surface area (Å²) in [5.41, 5.74) is 1.06. The second-order valence-corrected chi connectivity index (χ2v) is 9.08. The second-order valence-electron chi connectivity index (χ2n) is 9.08. The number of aryl methyl sites for hydroxylation is 1. The number of aromatic nitrogens is 2. The Balaban J connectivity index is 2.34. The third-order valence-electron chi connectivity index (χ3n) is 6.40. The number of hydrogen-bond acceptors (Lipinski definition) is 3. The summed E-state index contributed by atoms with van der Waals surface area (Å²) in [7, 11) is 0. The maximum absolute atomic E-state index is 6.59. The first kappa shape index (κ1) is 17.3. The molecule has 0 N–H and O–H groups in total. The van der Waals surface area contributed by atoms with Crippen molar-refractivity contribution in [2.45, 2.75) is 84.6 Å². The topological polar surface area (TPSA) is 29.8 Å². The summed E-state index contributed by atoms with van der Waals surface area (Å²) in [6.07, 6.45) is 4.17. The van der Waals surface area contributed by atoms with Crippen molar-refractivity contribution in [2.75, 3.05) is 4.90 Å².